The summed E-state index contributed by atoms with van der Waals surface area (Å²) >= 11 is 5.85. The largest absolute Gasteiger partial charge is 0.352 e. The second kappa shape index (κ2) is 5.35. The predicted octanol–water partition coefficient (Wildman–Crippen LogP) is 2.93. The Morgan fingerprint density at radius 2 is 1.73 bits per heavy atom. The standard InChI is InChI=1S/C16H12ClN3O2/c1-8-7-12-14(20-16(22)9(2)18-12)15(21)13(8)19-11-5-3-10(17)4-6-11/h3-7,19H,1-2H3. The van der Waals surface area contributed by atoms with Crippen LogP contribution in [0.4, 0.5) is 5.69 Å². The highest BCUT2D eigenvalue weighted by molar-refractivity contribution is 6.58. The third-order valence-corrected chi connectivity index (χ3v) is 3.61. The number of rotatable bonds is 2. The van der Waals surface area contributed by atoms with E-state index in [1.54, 1.807) is 44.2 Å². The molecule has 0 saturated heterocycles. The molecule has 0 atom stereocenters. The van der Waals surface area contributed by atoms with E-state index < -0.39 is 5.91 Å². The van der Waals surface area contributed by atoms with Crippen molar-refractivity contribution >= 4 is 40.4 Å². The first kappa shape index (κ1) is 14.4. The lowest BCUT2D eigenvalue weighted by molar-refractivity contribution is -0.113. The quantitative estimate of drug-likeness (QED) is 0.853. The Hall–Kier alpha value is -2.53. The molecule has 1 amide bonds. The highest BCUT2D eigenvalue weighted by atomic mass is 35.5. The fourth-order valence-electron chi connectivity index (χ4n) is 2.20. The first-order valence-electron chi connectivity index (χ1n) is 6.64. The molecule has 1 aromatic carbocycles. The van der Waals surface area contributed by atoms with E-state index in [1.165, 1.54) is 0 Å². The number of hydrogen-bond acceptors (Lipinski definition) is 4. The third-order valence-electron chi connectivity index (χ3n) is 3.36. The molecule has 6 heteroatoms. The first-order valence-corrected chi connectivity index (χ1v) is 7.02. The number of amides is 1. The molecule has 0 fully saturated rings. The zero-order valence-electron chi connectivity index (χ0n) is 12.0. The van der Waals surface area contributed by atoms with Gasteiger partial charge >= 0.3 is 0 Å². The van der Waals surface area contributed by atoms with Crippen LogP contribution in [0.15, 0.2) is 57.3 Å². The number of allylic oxidation sites excluding steroid dienone is 4. The van der Waals surface area contributed by atoms with Gasteiger partial charge in [-0.25, -0.2) is 9.98 Å². The molecular formula is C16H12ClN3O2. The van der Waals surface area contributed by atoms with Gasteiger partial charge in [-0.15, -0.1) is 0 Å². The Balaban J connectivity index is 1.99. The van der Waals surface area contributed by atoms with E-state index in [9.17, 15) is 9.59 Å². The summed E-state index contributed by atoms with van der Waals surface area (Å²) in [4.78, 5) is 32.2. The van der Waals surface area contributed by atoms with Gasteiger partial charge in [-0.05, 0) is 49.8 Å². The Morgan fingerprint density at radius 3 is 2.41 bits per heavy atom. The van der Waals surface area contributed by atoms with E-state index in [0.717, 1.165) is 11.3 Å². The molecule has 0 aromatic heterocycles. The highest BCUT2D eigenvalue weighted by Crippen LogP contribution is 2.25. The minimum Gasteiger partial charge on any atom is -0.352 e. The van der Waals surface area contributed by atoms with E-state index in [4.69, 9.17) is 11.6 Å². The molecule has 1 N–H and O–H groups in total. The van der Waals surface area contributed by atoms with Crippen molar-refractivity contribution in [2.75, 3.05) is 5.32 Å². The lowest BCUT2D eigenvalue weighted by Gasteiger charge is -2.20. The van der Waals surface area contributed by atoms with Gasteiger partial charge in [-0.1, -0.05) is 11.6 Å². The molecule has 5 nitrogen and oxygen atoms in total. The van der Waals surface area contributed by atoms with Gasteiger partial charge in [-0.2, -0.15) is 0 Å². The van der Waals surface area contributed by atoms with Gasteiger partial charge in [0.2, 0.25) is 5.78 Å². The monoisotopic (exact) mass is 313 g/mol. The first-order chi connectivity index (χ1) is 10.5. The summed E-state index contributed by atoms with van der Waals surface area (Å²) < 4.78 is 0. The van der Waals surface area contributed by atoms with Crippen LogP contribution in [-0.4, -0.2) is 23.1 Å². The van der Waals surface area contributed by atoms with Crippen molar-refractivity contribution < 1.29 is 9.59 Å². The molecule has 0 bridgehead atoms. The maximum Gasteiger partial charge on any atom is 0.291 e. The number of ketones is 1. The van der Waals surface area contributed by atoms with E-state index in [-0.39, 0.29) is 17.2 Å². The van der Waals surface area contributed by atoms with Crippen LogP contribution in [0, 0.1) is 0 Å². The third kappa shape index (κ3) is 2.51. The number of Topliss-reactive ketones (excluding diaryl/α,β-unsaturated/α-hetero) is 1. The van der Waals surface area contributed by atoms with Crippen molar-refractivity contribution in [3.8, 4) is 0 Å². The summed E-state index contributed by atoms with van der Waals surface area (Å²) in [6.07, 6.45) is 1.74. The van der Waals surface area contributed by atoms with Crippen molar-refractivity contribution in [1.82, 2.24) is 0 Å². The number of halogens is 1. The molecule has 1 aliphatic heterocycles. The molecule has 0 radical (unpaired) electrons. The van der Waals surface area contributed by atoms with Crippen molar-refractivity contribution in [1.29, 1.82) is 0 Å². The number of carbonyl (C=O) groups excluding carboxylic acids is 2. The minimum absolute atomic E-state index is 0.0812. The van der Waals surface area contributed by atoms with Gasteiger partial charge in [0.1, 0.15) is 11.4 Å². The summed E-state index contributed by atoms with van der Waals surface area (Å²) in [6.45, 7) is 3.38. The Kier molecular flexibility index (Phi) is 3.50. The molecule has 1 aliphatic carbocycles. The summed E-state index contributed by atoms with van der Waals surface area (Å²) in [5.74, 6) is -0.819. The molecule has 3 rings (SSSR count). The van der Waals surface area contributed by atoms with E-state index >= 15 is 0 Å². The molecule has 1 aromatic rings. The van der Waals surface area contributed by atoms with Crippen molar-refractivity contribution in [2.24, 2.45) is 9.98 Å². The van der Waals surface area contributed by atoms with Crippen molar-refractivity contribution in [2.45, 2.75) is 13.8 Å². The van der Waals surface area contributed by atoms with Crippen molar-refractivity contribution in [3.63, 3.8) is 0 Å². The number of benzene rings is 1. The van der Waals surface area contributed by atoms with Crippen LogP contribution in [-0.2, 0) is 9.59 Å². The van der Waals surface area contributed by atoms with Crippen LogP contribution < -0.4 is 5.32 Å². The molecule has 2 aliphatic rings. The summed E-state index contributed by atoms with van der Waals surface area (Å²) in [5.41, 5.74) is 2.64. The average Bonchev–Trinajstić information content (AvgIpc) is 2.48. The Labute approximate surface area is 132 Å². The van der Waals surface area contributed by atoms with Gasteiger partial charge in [0.25, 0.3) is 5.91 Å². The fourth-order valence-corrected chi connectivity index (χ4v) is 2.32. The van der Waals surface area contributed by atoms with E-state index in [0.29, 0.717) is 16.4 Å². The molecule has 0 spiro atoms. The summed E-state index contributed by atoms with van der Waals surface area (Å²) in [6, 6.07) is 6.99. The lowest BCUT2D eigenvalue weighted by atomic mass is 9.97. The molecular weight excluding hydrogens is 302 g/mol. The number of carbonyl (C=O) groups is 2. The van der Waals surface area contributed by atoms with Crippen molar-refractivity contribution in [3.05, 3.63) is 52.3 Å². The van der Waals surface area contributed by atoms with Crippen LogP contribution >= 0.6 is 11.6 Å². The van der Waals surface area contributed by atoms with Crippen LogP contribution in [0.1, 0.15) is 13.8 Å². The second-order valence-electron chi connectivity index (χ2n) is 5.01. The number of aliphatic imine (C=N–C) groups is 2. The molecule has 110 valence electrons. The van der Waals surface area contributed by atoms with Crippen LogP contribution in [0.3, 0.4) is 0 Å². The Bertz CT molecular complexity index is 814. The van der Waals surface area contributed by atoms with Gasteiger partial charge in [-0.3, -0.25) is 9.59 Å². The second-order valence-corrected chi connectivity index (χ2v) is 5.45. The van der Waals surface area contributed by atoms with Gasteiger partial charge in [0.15, 0.2) is 0 Å². The van der Waals surface area contributed by atoms with E-state index in [1.807, 2.05) is 0 Å². The number of nitrogens with one attached hydrogen (secondary N) is 1. The van der Waals surface area contributed by atoms with E-state index in [2.05, 4.69) is 15.3 Å². The molecule has 22 heavy (non-hydrogen) atoms. The zero-order valence-corrected chi connectivity index (χ0v) is 12.7. The maximum absolute atomic E-state index is 12.6. The van der Waals surface area contributed by atoms with Gasteiger partial charge in [0, 0.05) is 10.7 Å². The smallest absolute Gasteiger partial charge is 0.291 e. The number of anilines is 1. The van der Waals surface area contributed by atoms with Crippen LogP contribution in [0.25, 0.3) is 0 Å². The predicted molar refractivity (Wildman–Crippen MR) is 86.4 cm³/mol. The normalized spacial score (nSPS) is 17.7. The average molecular weight is 314 g/mol. The fraction of sp³-hybridized carbons (Fsp3) is 0.125. The SMILES string of the molecule is CC1=NC2=CC(C)=C(Nc3ccc(Cl)cc3)C(=O)C2=NC1=O. The number of fused-ring (bicyclic) bond motifs is 1. The van der Waals surface area contributed by atoms with Gasteiger partial charge in [0.05, 0.1) is 11.4 Å². The molecule has 0 unspecified atom stereocenters. The number of nitrogens with zero attached hydrogens (tertiary/aromatic N) is 2. The van der Waals surface area contributed by atoms with Crippen LogP contribution in [0.5, 0.6) is 0 Å². The Morgan fingerprint density at radius 1 is 1.05 bits per heavy atom. The van der Waals surface area contributed by atoms with Crippen LogP contribution in [0.2, 0.25) is 5.02 Å². The zero-order chi connectivity index (χ0) is 15.9. The number of hydrogen-bond donors (Lipinski definition) is 1. The minimum atomic E-state index is -0.481. The van der Waals surface area contributed by atoms with Gasteiger partial charge < -0.3 is 5.32 Å². The summed E-state index contributed by atoms with van der Waals surface area (Å²) in [5, 5.41) is 3.66. The summed E-state index contributed by atoms with van der Waals surface area (Å²) in [7, 11) is 0. The molecule has 1 heterocycles. The lowest BCUT2D eigenvalue weighted by Crippen LogP contribution is -2.31. The topological polar surface area (TPSA) is 70.9 Å². The molecule has 0 saturated carbocycles. The maximum atomic E-state index is 12.6. The highest BCUT2D eigenvalue weighted by Gasteiger charge is 2.30.